The number of aromatic amines is 1. The maximum Gasteiger partial charge on any atom is 0.326 e. The molecule has 1 heterocycles. The molecule has 190 valence electrons. The number of amides is 3. The van der Waals surface area contributed by atoms with E-state index in [1.165, 1.54) is 0 Å². The first-order chi connectivity index (χ1) is 16.6. The van der Waals surface area contributed by atoms with Crippen molar-refractivity contribution in [2.75, 3.05) is 11.5 Å². The van der Waals surface area contributed by atoms with Crippen LogP contribution in [0.4, 0.5) is 0 Å². The summed E-state index contributed by atoms with van der Waals surface area (Å²) in [5.41, 5.74) is 7.02. The molecule has 0 aliphatic heterocycles. The number of carboxylic acid groups (broad SMARTS) is 2. The fraction of sp³-hybridized carbons (Fsp3) is 0.381. The van der Waals surface area contributed by atoms with Crippen molar-refractivity contribution in [3.63, 3.8) is 0 Å². The first-order valence-electron chi connectivity index (χ1n) is 10.4. The molecule has 3 amide bonds. The summed E-state index contributed by atoms with van der Waals surface area (Å²) in [5.74, 6) is -5.52. The van der Waals surface area contributed by atoms with Gasteiger partial charge in [0.1, 0.15) is 18.1 Å². The van der Waals surface area contributed by atoms with Crippen LogP contribution in [0.3, 0.4) is 0 Å². The largest absolute Gasteiger partial charge is 0.481 e. The van der Waals surface area contributed by atoms with Gasteiger partial charge in [-0.2, -0.15) is 25.3 Å². The topological polar surface area (TPSA) is 204 Å². The first-order valence-corrected chi connectivity index (χ1v) is 11.7. The van der Waals surface area contributed by atoms with E-state index in [4.69, 9.17) is 10.8 Å². The lowest BCUT2D eigenvalue weighted by molar-refractivity contribution is -0.143. The lowest BCUT2D eigenvalue weighted by atomic mass is 10.0. The van der Waals surface area contributed by atoms with Gasteiger partial charge in [-0.1, -0.05) is 18.2 Å². The molecule has 0 radical (unpaired) electrons. The minimum atomic E-state index is -1.53. The van der Waals surface area contributed by atoms with Crippen LogP contribution < -0.4 is 21.7 Å². The number of fused-ring (bicyclic) bond motifs is 1. The summed E-state index contributed by atoms with van der Waals surface area (Å²) in [6.07, 6.45) is 0.854. The molecular formula is C21H27N5O7S2. The van der Waals surface area contributed by atoms with Crippen LogP contribution in [-0.4, -0.2) is 80.5 Å². The highest BCUT2D eigenvalue weighted by Crippen LogP contribution is 2.19. The molecule has 14 heteroatoms. The van der Waals surface area contributed by atoms with Crippen molar-refractivity contribution in [2.24, 2.45) is 5.73 Å². The number of hydrogen-bond donors (Lipinski definition) is 9. The Bertz CT molecular complexity index is 1090. The average molecular weight is 526 g/mol. The molecule has 2 aromatic rings. The predicted molar refractivity (Wildman–Crippen MR) is 133 cm³/mol. The van der Waals surface area contributed by atoms with Gasteiger partial charge in [0.25, 0.3) is 0 Å². The van der Waals surface area contributed by atoms with Crippen molar-refractivity contribution in [3.05, 3.63) is 36.0 Å². The average Bonchev–Trinajstić information content (AvgIpc) is 3.23. The molecule has 8 N–H and O–H groups in total. The minimum Gasteiger partial charge on any atom is -0.481 e. The summed E-state index contributed by atoms with van der Waals surface area (Å²) in [7, 11) is 0. The molecule has 35 heavy (non-hydrogen) atoms. The summed E-state index contributed by atoms with van der Waals surface area (Å²) in [5, 5.41) is 26.4. The SMILES string of the molecule is NC(CS)C(=O)NC(CC(=O)O)C(=O)NC(CS)C(=O)NC(Cc1c[nH]c2ccccc12)C(=O)O. The first kappa shape index (κ1) is 28.0. The number of carboxylic acids is 2. The molecule has 0 saturated heterocycles. The van der Waals surface area contributed by atoms with Gasteiger partial charge in [0.05, 0.1) is 12.5 Å². The Morgan fingerprint density at radius 3 is 2.09 bits per heavy atom. The lowest BCUT2D eigenvalue weighted by Crippen LogP contribution is -2.58. The smallest absolute Gasteiger partial charge is 0.326 e. The maximum atomic E-state index is 12.8. The molecule has 2 rings (SSSR count). The molecule has 1 aromatic heterocycles. The van der Waals surface area contributed by atoms with E-state index < -0.39 is 60.2 Å². The molecule has 0 aliphatic rings. The normalized spacial score (nSPS) is 14.4. The van der Waals surface area contributed by atoms with E-state index in [0.717, 1.165) is 10.9 Å². The zero-order valence-electron chi connectivity index (χ0n) is 18.4. The van der Waals surface area contributed by atoms with Gasteiger partial charge >= 0.3 is 11.9 Å². The Labute approximate surface area is 211 Å². The van der Waals surface area contributed by atoms with E-state index >= 15 is 0 Å². The highest BCUT2D eigenvalue weighted by atomic mass is 32.1. The number of H-pyrrole nitrogens is 1. The number of rotatable bonds is 13. The quantitative estimate of drug-likeness (QED) is 0.147. The van der Waals surface area contributed by atoms with Crippen LogP contribution in [0.5, 0.6) is 0 Å². The Morgan fingerprint density at radius 1 is 0.886 bits per heavy atom. The number of carbonyl (C=O) groups is 5. The minimum absolute atomic E-state index is 0.0301. The van der Waals surface area contributed by atoms with Crippen molar-refractivity contribution < 1.29 is 34.2 Å². The van der Waals surface area contributed by atoms with Crippen molar-refractivity contribution >= 4 is 65.8 Å². The number of hydrogen-bond acceptors (Lipinski definition) is 8. The Morgan fingerprint density at radius 2 is 1.49 bits per heavy atom. The van der Waals surface area contributed by atoms with Crippen molar-refractivity contribution in [2.45, 2.75) is 37.0 Å². The fourth-order valence-corrected chi connectivity index (χ4v) is 3.63. The van der Waals surface area contributed by atoms with Crippen LogP contribution in [0, 0.1) is 0 Å². The van der Waals surface area contributed by atoms with Crippen LogP contribution in [0.15, 0.2) is 30.5 Å². The molecule has 1 aromatic carbocycles. The van der Waals surface area contributed by atoms with Crippen molar-refractivity contribution in [1.29, 1.82) is 0 Å². The van der Waals surface area contributed by atoms with Crippen LogP contribution in [0.1, 0.15) is 12.0 Å². The van der Waals surface area contributed by atoms with E-state index in [1.807, 2.05) is 18.2 Å². The molecular weight excluding hydrogens is 498 g/mol. The van der Waals surface area contributed by atoms with E-state index in [0.29, 0.717) is 5.56 Å². The highest BCUT2D eigenvalue weighted by molar-refractivity contribution is 7.80. The Hall–Kier alpha value is -3.23. The van der Waals surface area contributed by atoms with Crippen molar-refractivity contribution in [1.82, 2.24) is 20.9 Å². The predicted octanol–water partition coefficient (Wildman–Crippen LogP) is -1.09. The molecule has 0 spiro atoms. The third kappa shape index (κ3) is 7.90. The second-order valence-corrected chi connectivity index (χ2v) is 8.39. The molecule has 4 unspecified atom stereocenters. The van der Waals surface area contributed by atoms with Gasteiger partial charge in [0.2, 0.25) is 17.7 Å². The van der Waals surface area contributed by atoms with Crippen LogP contribution in [0.2, 0.25) is 0 Å². The lowest BCUT2D eigenvalue weighted by Gasteiger charge is -2.23. The molecule has 4 atom stereocenters. The standard InChI is InChI=1S/C21H27N5O7S2/c22-12(8-34)18(29)24-14(6-17(27)28)19(30)26-16(9-35)20(31)25-15(21(32)33)5-10-7-23-13-4-2-1-3-11(10)13/h1-4,7,12,14-16,23,34-35H,5-6,8-9,22H2,(H,24,29)(H,25,31)(H,26,30)(H,27,28)(H,32,33). The second-order valence-electron chi connectivity index (χ2n) is 7.65. The van der Waals surface area contributed by atoms with E-state index in [2.05, 4.69) is 46.2 Å². The van der Waals surface area contributed by atoms with E-state index in [9.17, 15) is 29.1 Å². The fourth-order valence-electron chi connectivity index (χ4n) is 3.20. The van der Waals surface area contributed by atoms with E-state index in [1.54, 1.807) is 12.3 Å². The number of nitrogens with two attached hydrogens (primary N) is 1. The number of para-hydroxylation sites is 1. The summed E-state index contributed by atoms with van der Waals surface area (Å²) in [6.45, 7) is 0. The summed E-state index contributed by atoms with van der Waals surface area (Å²) < 4.78 is 0. The molecule has 0 aliphatic carbocycles. The van der Waals surface area contributed by atoms with Gasteiger partial charge in [0.15, 0.2) is 0 Å². The van der Waals surface area contributed by atoms with Gasteiger partial charge in [-0.3, -0.25) is 19.2 Å². The monoisotopic (exact) mass is 525 g/mol. The number of benzene rings is 1. The zero-order chi connectivity index (χ0) is 26.1. The van der Waals surface area contributed by atoms with Crippen LogP contribution in [0.25, 0.3) is 10.9 Å². The van der Waals surface area contributed by atoms with E-state index in [-0.39, 0.29) is 17.9 Å². The number of aliphatic carboxylic acids is 2. The number of carbonyl (C=O) groups excluding carboxylic acids is 3. The zero-order valence-corrected chi connectivity index (χ0v) is 20.2. The number of nitrogens with one attached hydrogen (secondary N) is 4. The summed E-state index contributed by atoms with van der Waals surface area (Å²) in [4.78, 5) is 63.4. The van der Waals surface area contributed by atoms with Crippen molar-refractivity contribution in [3.8, 4) is 0 Å². The third-order valence-electron chi connectivity index (χ3n) is 5.07. The van der Waals surface area contributed by atoms with Gasteiger partial charge in [0, 0.05) is 35.0 Å². The van der Waals surface area contributed by atoms with Crippen LogP contribution >= 0.6 is 25.3 Å². The maximum absolute atomic E-state index is 12.8. The summed E-state index contributed by atoms with van der Waals surface area (Å²) in [6, 6.07) is 2.05. The number of aromatic nitrogens is 1. The Kier molecular flexibility index (Phi) is 10.4. The summed E-state index contributed by atoms with van der Waals surface area (Å²) >= 11 is 7.92. The van der Waals surface area contributed by atoms with Gasteiger partial charge in [-0.15, -0.1) is 0 Å². The highest BCUT2D eigenvalue weighted by Gasteiger charge is 2.31. The van der Waals surface area contributed by atoms with Crippen LogP contribution in [-0.2, 0) is 30.4 Å². The second kappa shape index (κ2) is 13.0. The Balaban J connectivity index is 2.10. The molecule has 0 bridgehead atoms. The third-order valence-corrected chi connectivity index (χ3v) is 5.83. The molecule has 0 saturated carbocycles. The van der Waals surface area contributed by atoms with Gasteiger partial charge in [-0.25, -0.2) is 4.79 Å². The number of thiol groups is 2. The molecule has 0 fully saturated rings. The van der Waals surface area contributed by atoms with Gasteiger partial charge in [-0.05, 0) is 11.6 Å². The molecule has 12 nitrogen and oxygen atoms in total. The van der Waals surface area contributed by atoms with Gasteiger partial charge < -0.3 is 36.9 Å².